The number of likely N-dealkylation sites (tertiary alicyclic amines) is 2. The Morgan fingerprint density at radius 2 is 0.651 bits per heavy atom. The molecular weight excluding hydrogens is 1090 g/mol. The number of nitrogens with one attached hydrogen (secondary N) is 4. The van der Waals surface area contributed by atoms with Crippen LogP contribution in [0.4, 0.5) is 56.1 Å². The van der Waals surface area contributed by atoms with Gasteiger partial charge in [-0.15, -0.1) is 0 Å². The van der Waals surface area contributed by atoms with E-state index in [4.69, 9.17) is 0 Å². The fourth-order valence-electron chi connectivity index (χ4n) is 9.70. The van der Waals surface area contributed by atoms with Crippen LogP contribution in [-0.2, 0) is 9.59 Å². The van der Waals surface area contributed by atoms with Gasteiger partial charge in [0.1, 0.15) is 0 Å². The topological polar surface area (TPSA) is 157 Å². The highest BCUT2D eigenvalue weighted by molar-refractivity contribution is 6.15. The molecule has 12 nitrogen and oxygen atoms in total. The summed E-state index contributed by atoms with van der Waals surface area (Å²) in [5.74, 6) is -10.1. The third kappa shape index (κ3) is 14.9. The highest BCUT2D eigenvalue weighted by Gasteiger charge is 2.31. The molecule has 10 rings (SSSR count). The van der Waals surface area contributed by atoms with Crippen LogP contribution in [0.1, 0.15) is 87.9 Å². The largest absolute Gasteiger partial charge is 0.349 e. The van der Waals surface area contributed by atoms with E-state index in [0.717, 1.165) is 67.8 Å². The van der Waals surface area contributed by atoms with Crippen molar-refractivity contribution in [1.82, 2.24) is 20.4 Å². The predicted molar refractivity (Wildman–Crippen MR) is 296 cm³/mol. The number of ketones is 2. The molecular formula is C63H52F8N6O6. The minimum Gasteiger partial charge on any atom is -0.349 e. The van der Waals surface area contributed by atoms with E-state index < -0.39 is 82.0 Å². The third-order valence-corrected chi connectivity index (χ3v) is 14.2. The molecule has 0 aromatic heterocycles. The van der Waals surface area contributed by atoms with Crippen LogP contribution in [0.2, 0.25) is 0 Å². The van der Waals surface area contributed by atoms with Gasteiger partial charge in [0.15, 0.2) is 58.1 Å². The molecule has 0 unspecified atom stereocenters. The van der Waals surface area contributed by atoms with Crippen LogP contribution in [0.15, 0.2) is 144 Å². The van der Waals surface area contributed by atoms with Gasteiger partial charge in [-0.1, -0.05) is 24.3 Å². The maximum absolute atomic E-state index is 13.8. The molecule has 0 radical (unpaired) electrons. The minimum absolute atomic E-state index is 0.0999. The summed E-state index contributed by atoms with van der Waals surface area (Å²) < 4.78 is 109. The normalized spacial score (nSPS) is 18.8. The van der Waals surface area contributed by atoms with Crippen molar-refractivity contribution in [2.45, 2.75) is 57.0 Å². The number of amides is 6. The molecule has 6 aromatic rings. The summed E-state index contributed by atoms with van der Waals surface area (Å²) in [5.41, 5.74) is 3.64. The van der Waals surface area contributed by atoms with Crippen LogP contribution in [0.5, 0.6) is 0 Å². The number of carbonyl (C=O) groups excluding carboxylic acids is 6. The summed E-state index contributed by atoms with van der Waals surface area (Å²) >= 11 is 0. The lowest BCUT2D eigenvalue weighted by atomic mass is 9.83. The van der Waals surface area contributed by atoms with E-state index in [9.17, 15) is 63.9 Å². The van der Waals surface area contributed by atoms with E-state index in [0.29, 0.717) is 48.7 Å². The van der Waals surface area contributed by atoms with Crippen LogP contribution >= 0.6 is 0 Å². The lowest BCUT2D eigenvalue weighted by Gasteiger charge is -2.30. The van der Waals surface area contributed by atoms with Crippen molar-refractivity contribution >= 4 is 71.1 Å². The number of Topliss-reactive ketones (excluding diaryl/α,β-unsaturated/α-hetero) is 2. The molecule has 4 N–H and O–H groups in total. The first-order valence-electron chi connectivity index (χ1n) is 26.5. The first-order valence-corrected chi connectivity index (χ1v) is 26.5. The second-order valence-electron chi connectivity index (χ2n) is 20.2. The van der Waals surface area contributed by atoms with E-state index in [-0.39, 0.29) is 82.3 Å². The number of carbonyl (C=O) groups is 6. The summed E-state index contributed by atoms with van der Waals surface area (Å²) in [5, 5.41) is 11.4. The Kier molecular flexibility index (Phi) is 18.2. The van der Waals surface area contributed by atoms with E-state index in [1.165, 1.54) is 48.6 Å². The molecule has 4 aliphatic rings. The Labute approximate surface area is 471 Å². The highest BCUT2D eigenvalue weighted by atomic mass is 19.2. The van der Waals surface area contributed by atoms with Gasteiger partial charge >= 0.3 is 12.1 Å². The van der Waals surface area contributed by atoms with Gasteiger partial charge in [0.25, 0.3) is 11.8 Å². The van der Waals surface area contributed by atoms with Gasteiger partial charge in [-0.25, -0.2) is 44.7 Å². The molecule has 2 saturated carbocycles. The number of anilines is 2. The molecule has 2 aliphatic heterocycles. The van der Waals surface area contributed by atoms with E-state index in [2.05, 4.69) is 21.3 Å². The van der Waals surface area contributed by atoms with Gasteiger partial charge in [-0.2, -0.15) is 0 Å². The van der Waals surface area contributed by atoms with E-state index in [1.54, 1.807) is 58.3 Å². The summed E-state index contributed by atoms with van der Waals surface area (Å²) in [4.78, 5) is 80.7. The average molecular weight is 1140 g/mol. The maximum Gasteiger partial charge on any atom is 0.321 e. The van der Waals surface area contributed by atoms with Crippen LogP contribution in [-0.4, -0.2) is 83.5 Å². The van der Waals surface area contributed by atoms with Gasteiger partial charge in [-0.05, 0) is 189 Å². The highest BCUT2D eigenvalue weighted by Crippen LogP contribution is 2.32. The van der Waals surface area contributed by atoms with Gasteiger partial charge in [0, 0.05) is 83.1 Å². The third-order valence-electron chi connectivity index (χ3n) is 14.2. The van der Waals surface area contributed by atoms with Gasteiger partial charge in [0.2, 0.25) is 0 Å². The molecule has 20 heteroatoms. The molecule has 2 heterocycles. The standard InChI is InChI=1S/C32H27F4N3O3.C31H25F4N3O3/c33-26-9-3-19(15-28(26)35)13-22-17-25(18-23(30(22)40)14-20-4-10-27(34)29(36)16-20)37-31(41)21-5-7-24(8-6-21)38-32(42)39-11-1-2-12-39;32-25-8-2-18(14-27(25)34)12-21-16-24(17-22(29(21)39)13-19-3-9-26(33)28(35)15-19)36-30(40)20-4-6-23(7-5-20)37-31(41)38-10-1-11-38/h3-10,13-16,25H,1-2,11-12,17-18H2,(H,37,41)(H,38,42);2-9,12-15,24H,1,10-11,16-17H2,(H,36,40)(H,37,41)/b22-13+,23-14+;21-12+,22-13+. The molecule has 0 bridgehead atoms. The van der Waals surface area contributed by atoms with Crippen LogP contribution < -0.4 is 21.3 Å². The second kappa shape index (κ2) is 26.0. The fourth-order valence-corrected chi connectivity index (χ4v) is 9.70. The number of urea groups is 2. The average Bonchev–Trinajstić information content (AvgIpc) is 4.12. The molecule has 6 aromatic carbocycles. The summed E-state index contributed by atoms with van der Waals surface area (Å²) in [6, 6.07) is 24.1. The van der Waals surface area contributed by atoms with Crippen molar-refractivity contribution in [3.8, 4) is 0 Å². The lowest BCUT2D eigenvalue weighted by molar-refractivity contribution is -0.113. The van der Waals surface area contributed by atoms with Crippen LogP contribution in [0.3, 0.4) is 0 Å². The first-order chi connectivity index (χ1) is 39.8. The van der Waals surface area contributed by atoms with Crippen molar-refractivity contribution in [3.05, 3.63) is 224 Å². The molecule has 4 fully saturated rings. The second-order valence-corrected chi connectivity index (χ2v) is 20.2. The minimum atomic E-state index is -1.07. The molecule has 0 atom stereocenters. The molecule has 2 saturated heterocycles. The fraction of sp³-hybridized carbons (Fsp3) is 0.206. The van der Waals surface area contributed by atoms with Crippen molar-refractivity contribution in [2.24, 2.45) is 0 Å². The zero-order chi connectivity index (χ0) is 58.9. The Morgan fingerprint density at radius 3 is 0.904 bits per heavy atom. The summed E-state index contributed by atoms with van der Waals surface area (Å²) in [7, 11) is 0. The van der Waals surface area contributed by atoms with Gasteiger partial charge < -0.3 is 31.1 Å². The van der Waals surface area contributed by atoms with Crippen LogP contribution in [0.25, 0.3) is 24.3 Å². The molecule has 6 amide bonds. The summed E-state index contributed by atoms with van der Waals surface area (Å²) in [6.45, 7) is 2.81. The van der Waals surface area contributed by atoms with Gasteiger partial charge in [0.05, 0.1) is 0 Å². The molecule has 83 heavy (non-hydrogen) atoms. The number of hydrogen-bond acceptors (Lipinski definition) is 6. The Bertz CT molecular complexity index is 3500. The Hall–Kier alpha value is -9.46. The molecule has 0 spiro atoms. The monoisotopic (exact) mass is 1140 g/mol. The SMILES string of the molecule is O=C1/C(=C/c2ccc(F)c(F)c2)CC(NC(=O)c2ccc(NC(=O)N3CCC3)cc2)C/C1=C\c1ccc(F)c(F)c1.O=C1/C(=C/c2ccc(F)c(F)c2)CC(NC(=O)c2ccc(NC(=O)N3CCCC3)cc2)C/C1=C\c1ccc(F)c(F)c1. The first kappa shape index (κ1) is 58.2. The maximum atomic E-state index is 13.8. The number of benzene rings is 6. The number of nitrogens with zero attached hydrogens (tertiary/aromatic N) is 2. The van der Waals surface area contributed by atoms with E-state index in [1.807, 2.05) is 0 Å². The predicted octanol–water partition coefficient (Wildman–Crippen LogP) is 12.6. The van der Waals surface area contributed by atoms with E-state index >= 15 is 0 Å². The Morgan fingerprint density at radius 1 is 0.373 bits per heavy atom. The van der Waals surface area contributed by atoms with Crippen molar-refractivity contribution in [1.29, 1.82) is 0 Å². The van der Waals surface area contributed by atoms with Crippen molar-refractivity contribution < 1.29 is 63.9 Å². The van der Waals surface area contributed by atoms with Crippen LogP contribution in [0, 0.1) is 46.5 Å². The van der Waals surface area contributed by atoms with Gasteiger partial charge in [-0.3, -0.25) is 19.2 Å². The Balaban J connectivity index is 0.000000200. The lowest BCUT2D eigenvalue weighted by Crippen LogP contribution is -2.44. The molecule has 2 aliphatic carbocycles. The smallest absolute Gasteiger partial charge is 0.321 e. The number of hydrogen-bond donors (Lipinski definition) is 4. The number of rotatable bonds is 10. The molecule has 426 valence electrons. The zero-order valence-electron chi connectivity index (χ0n) is 44.2. The van der Waals surface area contributed by atoms with Crippen molar-refractivity contribution in [3.63, 3.8) is 0 Å². The zero-order valence-corrected chi connectivity index (χ0v) is 44.2. The number of halogens is 8. The van der Waals surface area contributed by atoms with Crippen molar-refractivity contribution in [2.75, 3.05) is 36.8 Å². The quantitative estimate of drug-likeness (QED) is 0.0790. The summed E-state index contributed by atoms with van der Waals surface area (Å²) in [6.07, 6.45) is 8.96.